The number of alkyl halides is 3. The van der Waals surface area contributed by atoms with Gasteiger partial charge >= 0.3 is 13.3 Å². The molecule has 2 rings (SSSR count). The number of halogens is 4. The van der Waals surface area contributed by atoms with Crippen LogP contribution in [0.15, 0.2) is 11.3 Å². The molecule has 0 aromatic carbocycles. The second-order valence-corrected chi connectivity index (χ2v) is 7.17. The molecule has 3 nitrogen and oxygen atoms in total. The maximum atomic E-state index is 14.6. The molecular formula is C15H23BF4O3. The molecule has 0 unspecified atom stereocenters. The molecule has 132 valence electrons. The first-order chi connectivity index (χ1) is 10.4. The molecule has 0 bridgehead atoms. The van der Waals surface area contributed by atoms with Gasteiger partial charge in [0, 0.05) is 0 Å². The van der Waals surface area contributed by atoms with Crippen molar-refractivity contribution in [2.75, 3.05) is 6.61 Å². The van der Waals surface area contributed by atoms with Crippen molar-refractivity contribution in [2.24, 2.45) is 0 Å². The lowest BCUT2D eigenvalue weighted by molar-refractivity contribution is -0.187. The number of hydrogen-bond acceptors (Lipinski definition) is 3. The largest absolute Gasteiger partial charge is 0.525 e. The summed E-state index contributed by atoms with van der Waals surface area (Å²) in [5.41, 5.74) is -1.14. The van der Waals surface area contributed by atoms with Crippen LogP contribution in [0.4, 0.5) is 17.6 Å². The Hall–Kier alpha value is -0.595. The average Bonchev–Trinajstić information content (AvgIpc) is 2.64. The molecule has 8 heteroatoms. The van der Waals surface area contributed by atoms with E-state index in [-0.39, 0.29) is 0 Å². The molecule has 2 fully saturated rings. The quantitative estimate of drug-likeness (QED) is 0.565. The highest BCUT2D eigenvalue weighted by Gasteiger charge is 2.53. The van der Waals surface area contributed by atoms with Gasteiger partial charge in [0.25, 0.3) is 0 Å². The van der Waals surface area contributed by atoms with Crippen LogP contribution >= 0.6 is 0 Å². The Morgan fingerprint density at radius 3 is 2.04 bits per heavy atom. The topological polar surface area (TPSA) is 27.7 Å². The van der Waals surface area contributed by atoms with Crippen LogP contribution in [0.5, 0.6) is 0 Å². The van der Waals surface area contributed by atoms with E-state index in [0.29, 0.717) is 31.3 Å². The van der Waals surface area contributed by atoms with E-state index < -0.39 is 42.9 Å². The van der Waals surface area contributed by atoms with Crippen LogP contribution in [0.25, 0.3) is 0 Å². The van der Waals surface area contributed by atoms with E-state index in [1.165, 1.54) is 0 Å². The van der Waals surface area contributed by atoms with Gasteiger partial charge in [0.1, 0.15) is 12.3 Å². The van der Waals surface area contributed by atoms with Gasteiger partial charge in [-0.15, -0.1) is 0 Å². The normalized spacial score (nSPS) is 27.4. The van der Waals surface area contributed by atoms with E-state index >= 15 is 0 Å². The SMILES string of the molecule is CC1(C)OB(C(F)=C2CCC(OCC(F)(F)F)CC2)OC1(C)C. The molecule has 0 aromatic heterocycles. The average molecular weight is 338 g/mol. The van der Waals surface area contributed by atoms with Crippen molar-refractivity contribution in [2.45, 2.75) is 76.9 Å². The zero-order valence-electron chi connectivity index (χ0n) is 13.9. The third-order valence-electron chi connectivity index (χ3n) is 4.82. The van der Waals surface area contributed by atoms with Gasteiger partial charge in [-0.05, 0) is 59.0 Å². The molecule has 1 aliphatic carbocycles. The Morgan fingerprint density at radius 2 is 1.61 bits per heavy atom. The first kappa shape index (κ1) is 18.7. The molecule has 0 aromatic rings. The lowest BCUT2D eigenvalue weighted by atomic mass is 9.79. The lowest BCUT2D eigenvalue weighted by Gasteiger charge is -2.32. The van der Waals surface area contributed by atoms with Gasteiger partial charge in [-0.1, -0.05) is 0 Å². The van der Waals surface area contributed by atoms with Gasteiger partial charge in [0.15, 0.2) is 0 Å². The molecular weight excluding hydrogens is 315 g/mol. The van der Waals surface area contributed by atoms with Gasteiger partial charge < -0.3 is 14.0 Å². The van der Waals surface area contributed by atoms with Crippen LogP contribution in [0.1, 0.15) is 53.4 Å². The van der Waals surface area contributed by atoms with E-state index in [1.54, 1.807) is 0 Å². The third-order valence-corrected chi connectivity index (χ3v) is 4.82. The molecule has 1 saturated carbocycles. The highest BCUT2D eigenvalue weighted by Crippen LogP contribution is 2.40. The highest BCUT2D eigenvalue weighted by molar-refractivity contribution is 6.53. The predicted molar refractivity (Wildman–Crippen MR) is 78.5 cm³/mol. The first-order valence-electron chi connectivity index (χ1n) is 7.83. The van der Waals surface area contributed by atoms with E-state index in [4.69, 9.17) is 14.0 Å². The van der Waals surface area contributed by atoms with Crippen molar-refractivity contribution >= 4 is 7.12 Å². The van der Waals surface area contributed by atoms with Crippen LogP contribution < -0.4 is 0 Å². The summed E-state index contributed by atoms with van der Waals surface area (Å²) >= 11 is 0. The summed E-state index contributed by atoms with van der Waals surface area (Å²) in [5, 5.41) is 0. The van der Waals surface area contributed by atoms with Crippen molar-refractivity contribution in [1.29, 1.82) is 0 Å². The van der Waals surface area contributed by atoms with Crippen molar-refractivity contribution in [3.63, 3.8) is 0 Å². The van der Waals surface area contributed by atoms with Crippen molar-refractivity contribution in [3.05, 3.63) is 11.3 Å². The minimum absolute atomic E-state index is 0.360. The first-order valence-corrected chi connectivity index (χ1v) is 7.83. The number of hydrogen-bond donors (Lipinski definition) is 0. The molecule has 1 heterocycles. The van der Waals surface area contributed by atoms with Crippen LogP contribution in [-0.2, 0) is 14.0 Å². The van der Waals surface area contributed by atoms with E-state index in [0.717, 1.165) is 0 Å². The van der Waals surface area contributed by atoms with E-state index in [9.17, 15) is 17.6 Å². The number of allylic oxidation sites excluding steroid dienone is 1. The summed E-state index contributed by atoms with van der Waals surface area (Å²) in [6, 6.07) is 0. The molecule has 0 atom stereocenters. The van der Waals surface area contributed by atoms with Gasteiger partial charge in [-0.2, -0.15) is 13.2 Å². The molecule has 0 spiro atoms. The van der Waals surface area contributed by atoms with Crippen molar-refractivity contribution in [3.8, 4) is 0 Å². The van der Waals surface area contributed by atoms with Crippen molar-refractivity contribution in [1.82, 2.24) is 0 Å². The highest BCUT2D eigenvalue weighted by atomic mass is 19.4. The zero-order valence-corrected chi connectivity index (χ0v) is 13.9. The molecule has 0 radical (unpaired) electrons. The Balaban J connectivity index is 1.92. The number of rotatable bonds is 3. The summed E-state index contributed by atoms with van der Waals surface area (Å²) in [6.07, 6.45) is -3.34. The second kappa shape index (κ2) is 6.37. The summed E-state index contributed by atoms with van der Waals surface area (Å²) in [7, 11) is -1.04. The van der Waals surface area contributed by atoms with Crippen molar-refractivity contribution < 1.29 is 31.6 Å². The van der Waals surface area contributed by atoms with Crippen LogP contribution in [0.2, 0.25) is 0 Å². The fraction of sp³-hybridized carbons (Fsp3) is 0.867. The fourth-order valence-corrected chi connectivity index (χ4v) is 2.67. The van der Waals surface area contributed by atoms with E-state index in [1.807, 2.05) is 27.7 Å². The summed E-state index contributed by atoms with van der Waals surface area (Å²) in [4.78, 5) is 0. The summed E-state index contributed by atoms with van der Waals surface area (Å²) in [5.74, 6) is 0. The maximum absolute atomic E-state index is 14.6. The van der Waals surface area contributed by atoms with Gasteiger partial charge in [0.05, 0.1) is 17.3 Å². The maximum Gasteiger partial charge on any atom is 0.525 e. The predicted octanol–water partition coefficient (Wildman–Crippen LogP) is 4.36. The molecule has 1 aliphatic heterocycles. The molecule has 0 amide bonds. The van der Waals surface area contributed by atoms with Crippen LogP contribution in [-0.4, -0.2) is 37.2 Å². The van der Waals surface area contributed by atoms with Crippen LogP contribution in [0, 0.1) is 0 Å². The molecule has 2 aliphatic rings. The third kappa shape index (κ3) is 4.48. The van der Waals surface area contributed by atoms with Crippen LogP contribution in [0.3, 0.4) is 0 Å². The lowest BCUT2D eigenvalue weighted by Crippen LogP contribution is -2.41. The van der Waals surface area contributed by atoms with Gasteiger partial charge in [-0.25, -0.2) is 4.39 Å². The molecule has 1 saturated heterocycles. The summed E-state index contributed by atoms with van der Waals surface area (Å²) in [6.45, 7) is 6.11. The Bertz CT molecular complexity index is 448. The smallest absolute Gasteiger partial charge is 0.398 e. The van der Waals surface area contributed by atoms with Gasteiger partial charge in [-0.3, -0.25) is 0 Å². The molecule has 23 heavy (non-hydrogen) atoms. The fourth-order valence-electron chi connectivity index (χ4n) is 2.67. The Morgan fingerprint density at radius 1 is 1.13 bits per heavy atom. The second-order valence-electron chi connectivity index (χ2n) is 7.17. The monoisotopic (exact) mass is 338 g/mol. The minimum Gasteiger partial charge on any atom is -0.398 e. The number of ether oxygens (including phenoxy) is 1. The molecule has 0 N–H and O–H groups in total. The summed E-state index contributed by atoms with van der Waals surface area (Å²) < 4.78 is 67.2. The standard InChI is InChI=1S/C15H23BF4O3/c1-13(2)14(3,4)23-16(22-13)12(17)10-5-7-11(8-6-10)21-9-15(18,19)20/h11H,5-9H2,1-4H3. The van der Waals surface area contributed by atoms with E-state index in [2.05, 4.69) is 0 Å². The Kier molecular flexibility index (Phi) is 5.19. The Labute approximate surface area is 134 Å². The van der Waals surface area contributed by atoms with Gasteiger partial charge in [0.2, 0.25) is 0 Å². The zero-order chi connectivity index (χ0) is 17.5. The minimum atomic E-state index is -4.33.